The molecule has 0 saturated carbocycles. The highest BCUT2D eigenvalue weighted by Gasteiger charge is 2.35. The number of ether oxygens (including phenoxy) is 3. The number of piperazine rings is 1. The second-order valence-corrected chi connectivity index (χ2v) is 9.94. The minimum atomic E-state index is -1.42. The first-order valence-electron chi connectivity index (χ1n) is 13.9. The number of para-hydroxylation sites is 1. The normalized spacial score (nSPS) is 14.4. The van der Waals surface area contributed by atoms with Gasteiger partial charge in [-0.15, -0.1) is 5.06 Å². The van der Waals surface area contributed by atoms with Crippen LogP contribution in [0.25, 0.3) is 5.69 Å². The van der Waals surface area contributed by atoms with Crippen LogP contribution in [0.3, 0.4) is 0 Å². The third-order valence-electron chi connectivity index (χ3n) is 6.30. The maximum Gasteiger partial charge on any atom is 0.527 e. The number of hydrogen-bond acceptors (Lipinski definition) is 11. The number of nitrogens with zero attached hydrogens (tertiary/aromatic N) is 4. The predicted molar refractivity (Wildman–Crippen MR) is 149 cm³/mol. The van der Waals surface area contributed by atoms with E-state index in [1.165, 1.54) is 34.6 Å². The lowest BCUT2D eigenvalue weighted by molar-refractivity contribution is -0.159. The number of carbonyl (C=O) groups excluding carboxylic acids is 4. The third-order valence-corrected chi connectivity index (χ3v) is 6.30. The Balaban J connectivity index is 1.80. The fourth-order valence-corrected chi connectivity index (χ4v) is 4.14. The molecule has 0 radical (unpaired) electrons. The lowest BCUT2D eigenvalue weighted by Gasteiger charge is -2.35. The van der Waals surface area contributed by atoms with Gasteiger partial charge in [0.05, 0.1) is 32.0 Å². The summed E-state index contributed by atoms with van der Waals surface area (Å²) in [5, 5.41) is 17.6. The van der Waals surface area contributed by atoms with E-state index in [4.69, 9.17) is 19.0 Å². The molecule has 0 spiro atoms. The van der Waals surface area contributed by atoms with Crippen LogP contribution in [0.1, 0.15) is 51.0 Å². The molecule has 43 heavy (non-hydrogen) atoms. The van der Waals surface area contributed by atoms with Crippen molar-refractivity contribution in [2.24, 2.45) is 0 Å². The highest BCUT2D eigenvalue weighted by Crippen LogP contribution is 2.25. The molecule has 0 bridgehead atoms. The number of esters is 1. The summed E-state index contributed by atoms with van der Waals surface area (Å²) in [6.07, 6.45) is -1.39. The average Bonchev–Trinajstić information content (AvgIpc) is 3.39. The molecule has 3 rings (SSSR count). The molecule has 0 aliphatic carbocycles. The van der Waals surface area contributed by atoms with Crippen molar-refractivity contribution in [3.8, 4) is 11.6 Å². The number of aromatic nitrogens is 2. The first-order chi connectivity index (χ1) is 20.4. The number of carboxylic acid groups (broad SMARTS) is 1. The van der Waals surface area contributed by atoms with E-state index in [2.05, 4.69) is 10.4 Å². The SMILES string of the molecule is CCOC(=O)ON1CCN(C(=O)[C@H](CCC(=O)O)NC(=O)c2cc(OC(C)(C)C(=O)OCC)n(-c3ccccc3)n2)CC1. The van der Waals surface area contributed by atoms with Crippen molar-refractivity contribution in [3.63, 3.8) is 0 Å². The summed E-state index contributed by atoms with van der Waals surface area (Å²) in [4.78, 5) is 68.7. The second kappa shape index (κ2) is 15.0. The Bertz CT molecular complexity index is 1290. The van der Waals surface area contributed by atoms with Gasteiger partial charge in [0.1, 0.15) is 6.04 Å². The first kappa shape index (κ1) is 32.8. The Morgan fingerprint density at radius 2 is 1.65 bits per heavy atom. The van der Waals surface area contributed by atoms with Gasteiger partial charge < -0.3 is 34.4 Å². The summed E-state index contributed by atoms with van der Waals surface area (Å²) < 4.78 is 17.2. The summed E-state index contributed by atoms with van der Waals surface area (Å²) in [6, 6.07) is 8.92. The van der Waals surface area contributed by atoms with Crippen LogP contribution in [-0.2, 0) is 28.7 Å². The zero-order chi connectivity index (χ0) is 31.6. The number of carbonyl (C=O) groups is 5. The van der Waals surface area contributed by atoms with Gasteiger partial charge in [-0.3, -0.25) is 14.4 Å². The maximum absolute atomic E-state index is 13.4. The molecule has 1 aromatic carbocycles. The Morgan fingerprint density at radius 3 is 2.26 bits per heavy atom. The van der Waals surface area contributed by atoms with Crippen molar-refractivity contribution in [2.45, 2.75) is 52.2 Å². The van der Waals surface area contributed by atoms with E-state index in [1.54, 1.807) is 44.2 Å². The molecular formula is C28H37N5O10. The molecule has 1 aliphatic heterocycles. The quantitative estimate of drug-likeness (QED) is 0.318. The minimum absolute atomic E-state index is 0.0699. The van der Waals surface area contributed by atoms with Gasteiger partial charge in [0.25, 0.3) is 5.91 Å². The van der Waals surface area contributed by atoms with Gasteiger partial charge in [-0.2, -0.15) is 5.10 Å². The van der Waals surface area contributed by atoms with Crippen molar-refractivity contribution in [2.75, 3.05) is 39.4 Å². The fraction of sp³-hybridized carbons (Fsp3) is 0.500. The Kier molecular flexibility index (Phi) is 11.5. The zero-order valence-electron chi connectivity index (χ0n) is 24.6. The highest BCUT2D eigenvalue weighted by molar-refractivity contribution is 5.96. The van der Waals surface area contributed by atoms with Gasteiger partial charge in [0.2, 0.25) is 17.4 Å². The molecule has 1 aliphatic rings. The van der Waals surface area contributed by atoms with Crippen LogP contribution in [0.5, 0.6) is 5.88 Å². The van der Waals surface area contributed by atoms with Crippen LogP contribution in [-0.4, -0.2) is 106 Å². The molecule has 1 fully saturated rings. The summed E-state index contributed by atoms with van der Waals surface area (Å²) in [5.74, 6) is -2.92. The van der Waals surface area contributed by atoms with Crippen molar-refractivity contribution in [1.82, 2.24) is 25.1 Å². The van der Waals surface area contributed by atoms with Crippen molar-refractivity contribution in [1.29, 1.82) is 0 Å². The highest BCUT2D eigenvalue weighted by atomic mass is 16.8. The summed E-state index contributed by atoms with van der Waals surface area (Å²) in [7, 11) is 0. The summed E-state index contributed by atoms with van der Waals surface area (Å²) in [5.41, 5.74) is -1.01. The monoisotopic (exact) mass is 603 g/mol. The molecule has 2 aromatic rings. The number of nitrogens with one attached hydrogen (secondary N) is 1. The average molecular weight is 604 g/mol. The number of hydrogen-bond donors (Lipinski definition) is 2. The molecule has 0 unspecified atom stereocenters. The van der Waals surface area contributed by atoms with Crippen molar-refractivity contribution < 1.29 is 48.1 Å². The van der Waals surface area contributed by atoms with Crippen LogP contribution in [0.15, 0.2) is 36.4 Å². The van der Waals surface area contributed by atoms with Gasteiger partial charge in [0.15, 0.2) is 5.69 Å². The largest absolute Gasteiger partial charge is 0.527 e. The molecule has 15 heteroatoms. The Hall–Kier alpha value is -4.66. The van der Waals surface area contributed by atoms with Crippen molar-refractivity contribution >= 4 is 29.9 Å². The number of hydroxylamine groups is 2. The summed E-state index contributed by atoms with van der Waals surface area (Å²) >= 11 is 0. The van der Waals surface area contributed by atoms with E-state index in [1.807, 2.05) is 0 Å². The standard InChI is InChI=1S/C28H37N5O10/c1-5-40-26(38)28(3,4)42-22-18-21(30-33(22)19-10-8-7-9-11-19)24(36)29-20(12-13-23(34)35)25(37)31-14-16-32(17-15-31)43-27(39)41-6-2/h7-11,18,20H,5-6,12-17H2,1-4H3,(H,29,36)(H,34,35)/t20-/m0/s1. The lowest BCUT2D eigenvalue weighted by atomic mass is 10.1. The van der Waals surface area contributed by atoms with Crippen LogP contribution >= 0.6 is 0 Å². The van der Waals surface area contributed by atoms with Gasteiger partial charge in [-0.1, -0.05) is 18.2 Å². The van der Waals surface area contributed by atoms with E-state index < -0.39 is 41.6 Å². The number of aliphatic carboxylic acids is 1. The zero-order valence-corrected chi connectivity index (χ0v) is 24.6. The maximum atomic E-state index is 13.4. The molecule has 234 valence electrons. The van der Waals surface area contributed by atoms with Gasteiger partial charge in [0, 0.05) is 25.6 Å². The number of rotatable bonds is 13. The van der Waals surface area contributed by atoms with Crippen LogP contribution < -0.4 is 10.1 Å². The third kappa shape index (κ3) is 9.16. The van der Waals surface area contributed by atoms with Gasteiger partial charge >= 0.3 is 18.1 Å². The Morgan fingerprint density at radius 1 is 1.00 bits per heavy atom. The number of benzene rings is 1. The minimum Gasteiger partial charge on any atom is -0.481 e. The van der Waals surface area contributed by atoms with E-state index in [-0.39, 0.29) is 63.8 Å². The molecule has 2 N–H and O–H groups in total. The fourth-order valence-electron chi connectivity index (χ4n) is 4.14. The predicted octanol–water partition coefficient (Wildman–Crippen LogP) is 1.79. The molecule has 1 saturated heterocycles. The topological polar surface area (TPSA) is 179 Å². The van der Waals surface area contributed by atoms with E-state index in [0.29, 0.717) is 5.69 Å². The Labute approximate surface area is 248 Å². The first-order valence-corrected chi connectivity index (χ1v) is 13.9. The van der Waals surface area contributed by atoms with Gasteiger partial charge in [-0.05, 0) is 46.2 Å². The molecule has 1 aromatic heterocycles. The van der Waals surface area contributed by atoms with Gasteiger partial charge in [-0.25, -0.2) is 14.3 Å². The van der Waals surface area contributed by atoms with E-state index in [9.17, 15) is 29.1 Å². The van der Waals surface area contributed by atoms with Crippen LogP contribution in [0, 0.1) is 0 Å². The smallest absolute Gasteiger partial charge is 0.481 e. The lowest BCUT2D eigenvalue weighted by Crippen LogP contribution is -2.55. The molecular weight excluding hydrogens is 566 g/mol. The number of amides is 2. The molecule has 2 amide bonds. The molecule has 15 nitrogen and oxygen atoms in total. The summed E-state index contributed by atoms with van der Waals surface area (Å²) in [6.45, 7) is 7.39. The van der Waals surface area contributed by atoms with Crippen LogP contribution in [0.2, 0.25) is 0 Å². The molecule has 2 heterocycles. The molecule has 1 atom stereocenters. The van der Waals surface area contributed by atoms with Crippen molar-refractivity contribution in [3.05, 3.63) is 42.1 Å². The second-order valence-electron chi connectivity index (χ2n) is 9.94. The number of carboxylic acids is 1. The van der Waals surface area contributed by atoms with E-state index >= 15 is 0 Å². The van der Waals surface area contributed by atoms with E-state index in [0.717, 1.165) is 0 Å². The van der Waals surface area contributed by atoms with Crippen LogP contribution in [0.4, 0.5) is 4.79 Å².